The normalized spacial score (nSPS) is 11.4. The summed E-state index contributed by atoms with van der Waals surface area (Å²) in [6.45, 7) is 5.50. The number of hydrogen-bond donors (Lipinski definition) is 1. The maximum absolute atomic E-state index is 11.9. The Hall–Kier alpha value is -2.30. The van der Waals surface area contributed by atoms with Crippen molar-refractivity contribution in [2.24, 2.45) is 0 Å². The van der Waals surface area contributed by atoms with E-state index in [1.54, 1.807) is 6.92 Å². The Morgan fingerprint density at radius 2 is 2.05 bits per heavy atom. The van der Waals surface area contributed by atoms with Crippen LogP contribution in [-0.4, -0.2) is 41.3 Å². The molecule has 5 nitrogen and oxygen atoms in total. The van der Waals surface area contributed by atoms with E-state index >= 15 is 0 Å². The van der Waals surface area contributed by atoms with Crippen molar-refractivity contribution in [3.05, 3.63) is 48.6 Å². The zero-order valence-electron chi connectivity index (χ0n) is 11.5. The van der Waals surface area contributed by atoms with Crippen LogP contribution in [-0.2, 0) is 16.0 Å². The molecule has 1 N–H and O–H groups in total. The van der Waals surface area contributed by atoms with E-state index in [4.69, 9.17) is 4.74 Å². The van der Waals surface area contributed by atoms with Gasteiger partial charge in [0.15, 0.2) is 0 Å². The van der Waals surface area contributed by atoms with Crippen molar-refractivity contribution in [2.45, 2.75) is 19.4 Å². The quantitative estimate of drug-likeness (QED) is 0.777. The predicted octanol–water partition coefficient (Wildman–Crippen LogP) is 2.33. The van der Waals surface area contributed by atoms with Gasteiger partial charge in [0.25, 0.3) is 0 Å². The molecular formula is C15H19NO4. The van der Waals surface area contributed by atoms with Gasteiger partial charge < -0.3 is 9.84 Å². The van der Waals surface area contributed by atoms with E-state index in [0.29, 0.717) is 0 Å². The molecule has 1 rings (SSSR count). The first-order chi connectivity index (χ1) is 9.60. The maximum Gasteiger partial charge on any atom is 0.410 e. The third-order valence-corrected chi connectivity index (χ3v) is 2.83. The molecular weight excluding hydrogens is 258 g/mol. The van der Waals surface area contributed by atoms with Crippen LogP contribution in [0, 0.1) is 0 Å². The van der Waals surface area contributed by atoms with E-state index in [9.17, 15) is 14.7 Å². The highest BCUT2D eigenvalue weighted by Crippen LogP contribution is 2.11. The summed E-state index contributed by atoms with van der Waals surface area (Å²) in [4.78, 5) is 24.5. The van der Waals surface area contributed by atoms with Crippen LogP contribution >= 0.6 is 0 Å². The van der Waals surface area contributed by atoms with Gasteiger partial charge in [-0.3, -0.25) is 4.90 Å². The van der Waals surface area contributed by atoms with Crippen LogP contribution in [0.4, 0.5) is 4.79 Å². The van der Waals surface area contributed by atoms with Crippen molar-refractivity contribution in [2.75, 3.05) is 13.2 Å². The molecule has 0 saturated heterocycles. The molecule has 0 aliphatic rings. The molecule has 0 aliphatic carbocycles. The molecule has 108 valence electrons. The van der Waals surface area contributed by atoms with E-state index in [2.05, 4.69) is 6.58 Å². The number of nitrogens with zero attached hydrogens (tertiary/aromatic N) is 1. The van der Waals surface area contributed by atoms with Crippen molar-refractivity contribution in [3.63, 3.8) is 0 Å². The zero-order valence-corrected chi connectivity index (χ0v) is 11.5. The zero-order chi connectivity index (χ0) is 15.0. The van der Waals surface area contributed by atoms with Crippen molar-refractivity contribution in [3.8, 4) is 0 Å². The smallest absolute Gasteiger partial charge is 0.410 e. The number of hydrogen-bond acceptors (Lipinski definition) is 3. The number of rotatable bonds is 7. The summed E-state index contributed by atoms with van der Waals surface area (Å²) in [5.41, 5.74) is 0.856. The fraction of sp³-hybridized carbons (Fsp3) is 0.333. The Balaban J connectivity index is 2.84. The molecule has 0 bridgehead atoms. The van der Waals surface area contributed by atoms with E-state index in [-0.39, 0.29) is 19.6 Å². The number of benzene rings is 1. The lowest BCUT2D eigenvalue weighted by atomic mass is 10.1. The molecule has 0 spiro atoms. The number of carbonyl (C=O) groups excluding carboxylic acids is 1. The summed E-state index contributed by atoms with van der Waals surface area (Å²) in [6.07, 6.45) is 1.04. The first-order valence-electron chi connectivity index (χ1n) is 6.41. The van der Waals surface area contributed by atoms with Gasteiger partial charge >= 0.3 is 12.1 Å². The van der Waals surface area contributed by atoms with Gasteiger partial charge in [-0.2, -0.15) is 0 Å². The van der Waals surface area contributed by atoms with Gasteiger partial charge in [-0.1, -0.05) is 43.0 Å². The molecule has 1 aromatic rings. The number of carboxylic acids is 1. The second-order valence-electron chi connectivity index (χ2n) is 4.20. The van der Waals surface area contributed by atoms with E-state index < -0.39 is 18.1 Å². The van der Waals surface area contributed by atoms with Gasteiger partial charge in [0.2, 0.25) is 0 Å². The second-order valence-corrected chi connectivity index (χ2v) is 4.20. The molecule has 0 aliphatic heterocycles. The Morgan fingerprint density at radius 1 is 1.40 bits per heavy atom. The number of amides is 1. The molecule has 20 heavy (non-hydrogen) atoms. The van der Waals surface area contributed by atoms with Crippen LogP contribution in [0.25, 0.3) is 0 Å². The lowest BCUT2D eigenvalue weighted by molar-refractivity contribution is -0.142. The minimum absolute atomic E-state index is 0.0625. The molecule has 1 atom stereocenters. The van der Waals surface area contributed by atoms with E-state index in [0.717, 1.165) is 5.56 Å². The van der Waals surface area contributed by atoms with Gasteiger partial charge in [-0.15, -0.1) is 0 Å². The number of aliphatic carboxylic acids is 1. The first kappa shape index (κ1) is 15.8. The summed E-state index contributed by atoms with van der Waals surface area (Å²) in [5, 5.41) is 9.34. The summed E-state index contributed by atoms with van der Waals surface area (Å²) in [6, 6.07) is 8.24. The average Bonchev–Trinajstić information content (AvgIpc) is 2.45. The summed E-state index contributed by atoms with van der Waals surface area (Å²) in [7, 11) is 0. The Labute approximate surface area is 118 Å². The minimum Gasteiger partial charge on any atom is -0.480 e. The van der Waals surface area contributed by atoms with Crippen molar-refractivity contribution in [1.29, 1.82) is 0 Å². The van der Waals surface area contributed by atoms with Crippen molar-refractivity contribution in [1.82, 2.24) is 4.90 Å². The topological polar surface area (TPSA) is 66.8 Å². The lowest BCUT2D eigenvalue weighted by Gasteiger charge is -2.26. The van der Waals surface area contributed by atoms with Crippen LogP contribution in [0.2, 0.25) is 0 Å². The van der Waals surface area contributed by atoms with E-state index in [1.807, 2.05) is 30.3 Å². The van der Waals surface area contributed by atoms with Gasteiger partial charge in [0, 0.05) is 13.0 Å². The lowest BCUT2D eigenvalue weighted by Crippen LogP contribution is -2.46. The van der Waals surface area contributed by atoms with Crippen LogP contribution in [0.15, 0.2) is 43.0 Å². The predicted molar refractivity (Wildman–Crippen MR) is 75.5 cm³/mol. The first-order valence-corrected chi connectivity index (χ1v) is 6.41. The molecule has 0 radical (unpaired) electrons. The van der Waals surface area contributed by atoms with E-state index in [1.165, 1.54) is 11.0 Å². The molecule has 0 heterocycles. The number of likely N-dealkylation sites (N-methyl/N-ethyl adjacent to an activating group) is 1. The molecule has 0 fully saturated rings. The Bertz CT molecular complexity index is 458. The molecule has 0 saturated carbocycles. The van der Waals surface area contributed by atoms with Crippen molar-refractivity contribution >= 4 is 12.1 Å². The SMILES string of the molecule is C=CCOC(=O)N(CC)[C@@H](Cc1ccccc1)C(=O)O. The fourth-order valence-corrected chi connectivity index (χ4v) is 1.86. The Morgan fingerprint density at radius 3 is 2.55 bits per heavy atom. The third-order valence-electron chi connectivity index (χ3n) is 2.83. The minimum atomic E-state index is -1.05. The Kier molecular flexibility index (Phi) is 6.29. The summed E-state index contributed by atoms with van der Waals surface area (Å²) >= 11 is 0. The highest BCUT2D eigenvalue weighted by molar-refractivity contribution is 5.80. The van der Waals surface area contributed by atoms with Crippen molar-refractivity contribution < 1.29 is 19.4 Å². The third kappa shape index (κ3) is 4.42. The molecule has 5 heteroatoms. The van der Waals surface area contributed by atoms with Crippen LogP contribution < -0.4 is 0 Å². The second kappa shape index (κ2) is 7.99. The van der Waals surface area contributed by atoms with Crippen LogP contribution in [0.3, 0.4) is 0 Å². The van der Waals surface area contributed by atoms with Gasteiger partial charge in [-0.25, -0.2) is 9.59 Å². The molecule has 0 aromatic heterocycles. The van der Waals surface area contributed by atoms with Crippen LogP contribution in [0.1, 0.15) is 12.5 Å². The number of carboxylic acid groups (broad SMARTS) is 1. The molecule has 1 aromatic carbocycles. The monoisotopic (exact) mass is 277 g/mol. The van der Waals surface area contributed by atoms with Gasteiger partial charge in [0.05, 0.1) is 0 Å². The highest BCUT2D eigenvalue weighted by Gasteiger charge is 2.29. The maximum atomic E-state index is 11.9. The summed E-state index contributed by atoms with van der Waals surface area (Å²) in [5.74, 6) is -1.05. The number of ether oxygens (including phenoxy) is 1. The molecule has 1 amide bonds. The van der Waals surface area contributed by atoms with Gasteiger partial charge in [0.1, 0.15) is 12.6 Å². The standard InChI is InChI=1S/C15H19NO4/c1-3-10-20-15(19)16(4-2)13(14(17)18)11-12-8-6-5-7-9-12/h3,5-9,13H,1,4,10-11H2,2H3,(H,17,18)/t13-/m0/s1. The largest absolute Gasteiger partial charge is 0.480 e. The van der Waals surface area contributed by atoms with Gasteiger partial charge in [-0.05, 0) is 12.5 Å². The summed E-state index contributed by atoms with van der Waals surface area (Å²) < 4.78 is 4.92. The molecule has 0 unspecified atom stereocenters. The number of carbonyl (C=O) groups is 2. The fourth-order valence-electron chi connectivity index (χ4n) is 1.86. The van der Waals surface area contributed by atoms with Crippen LogP contribution in [0.5, 0.6) is 0 Å². The average molecular weight is 277 g/mol. The highest BCUT2D eigenvalue weighted by atomic mass is 16.6.